The van der Waals surface area contributed by atoms with E-state index in [0.717, 1.165) is 11.3 Å². The highest BCUT2D eigenvalue weighted by Crippen LogP contribution is 2.21. The van der Waals surface area contributed by atoms with Crippen molar-refractivity contribution in [2.24, 2.45) is 5.73 Å². The first-order chi connectivity index (χ1) is 9.83. The summed E-state index contributed by atoms with van der Waals surface area (Å²) in [5, 5.41) is 0. The van der Waals surface area contributed by atoms with Crippen LogP contribution >= 0.6 is 0 Å². The van der Waals surface area contributed by atoms with Crippen molar-refractivity contribution in [2.45, 2.75) is 38.3 Å². The molecule has 0 saturated carbocycles. The van der Waals surface area contributed by atoms with E-state index < -0.39 is 16.1 Å². The number of aryl methyl sites for hydroxylation is 2. The maximum absolute atomic E-state index is 12.5. The van der Waals surface area contributed by atoms with Gasteiger partial charge in [0.15, 0.2) is 0 Å². The molecule has 0 radical (unpaired) electrons. The first-order valence-electron chi connectivity index (χ1n) is 6.72. The summed E-state index contributed by atoms with van der Waals surface area (Å²) < 4.78 is 33.0. The zero-order chi connectivity index (χ0) is 15.6. The highest BCUT2D eigenvalue weighted by molar-refractivity contribution is 7.89. The minimum absolute atomic E-state index is 0.259. The number of sulfonamides is 1. The van der Waals surface area contributed by atoms with Gasteiger partial charge < -0.3 is 10.2 Å². The summed E-state index contributed by atoms with van der Waals surface area (Å²) in [6.07, 6.45) is 0. The maximum Gasteiger partial charge on any atom is 0.241 e. The van der Waals surface area contributed by atoms with Crippen molar-refractivity contribution in [2.75, 3.05) is 0 Å². The molecule has 1 heterocycles. The van der Waals surface area contributed by atoms with Crippen molar-refractivity contribution in [3.8, 4) is 0 Å². The predicted octanol–water partition coefficient (Wildman–Crippen LogP) is 2.39. The van der Waals surface area contributed by atoms with Crippen LogP contribution in [0.25, 0.3) is 0 Å². The topological polar surface area (TPSA) is 85.3 Å². The molecule has 0 aliphatic carbocycles. The lowest BCUT2D eigenvalue weighted by atomic mass is 10.1. The Morgan fingerprint density at radius 3 is 2.48 bits per heavy atom. The quantitative estimate of drug-likeness (QED) is 0.888. The second-order valence-electron chi connectivity index (χ2n) is 5.10. The van der Waals surface area contributed by atoms with E-state index in [1.165, 1.54) is 0 Å². The fraction of sp³-hybridized carbons (Fsp3) is 0.333. The second-order valence-corrected chi connectivity index (χ2v) is 6.78. The molecule has 0 saturated heterocycles. The molecule has 0 fully saturated rings. The van der Waals surface area contributed by atoms with E-state index >= 15 is 0 Å². The Hall–Kier alpha value is -1.63. The molecular weight excluding hydrogens is 288 g/mol. The molecule has 114 valence electrons. The lowest BCUT2D eigenvalue weighted by Gasteiger charge is -2.14. The molecule has 2 aromatic rings. The van der Waals surface area contributed by atoms with Gasteiger partial charge in [-0.2, -0.15) is 0 Å². The van der Waals surface area contributed by atoms with Gasteiger partial charge in [-0.25, -0.2) is 13.1 Å². The summed E-state index contributed by atoms with van der Waals surface area (Å²) in [5.41, 5.74) is 7.14. The van der Waals surface area contributed by atoms with Gasteiger partial charge >= 0.3 is 0 Å². The average molecular weight is 308 g/mol. The lowest BCUT2D eigenvalue weighted by Crippen LogP contribution is -2.27. The van der Waals surface area contributed by atoms with Crippen LogP contribution in [0.15, 0.2) is 39.6 Å². The first-order valence-corrected chi connectivity index (χ1v) is 8.20. The summed E-state index contributed by atoms with van der Waals surface area (Å²) in [5.74, 6) is 1.34. The summed E-state index contributed by atoms with van der Waals surface area (Å²) in [6.45, 7) is 5.71. The van der Waals surface area contributed by atoms with E-state index in [2.05, 4.69) is 4.72 Å². The van der Waals surface area contributed by atoms with Crippen LogP contribution in [0.1, 0.15) is 35.6 Å². The van der Waals surface area contributed by atoms with E-state index in [9.17, 15) is 8.42 Å². The number of hydrogen-bond donors (Lipinski definition) is 2. The number of rotatable bonds is 5. The lowest BCUT2D eigenvalue weighted by molar-refractivity contribution is 0.441. The molecule has 0 amide bonds. The molecule has 1 aromatic carbocycles. The molecule has 1 atom stereocenters. The van der Waals surface area contributed by atoms with E-state index in [4.69, 9.17) is 10.2 Å². The number of hydrogen-bond acceptors (Lipinski definition) is 4. The summed E-state index contributed by atoms with van der Waals surface area (Å²) in [6, 6.07) is 8.24. The van der Waals surface area contributed by atoms with Crippen LogP contribution in [0.3, 0.4) is 0 Å². The van der Waals surface area contributed by atoms with Crippen molar-refractivity contribution in [1.29, 1.82) is 0 Å². The van der Waals surface area contributed by atoms with Crippen LogP contribution in [-0.2, 0) is 16.6 Å². The van der Waals surface area contributed by atoms with Gasteiger partial charge in [-0.15, -0.1) is 0 Å². The highest BCUT2D eigenvalue weighted by atomic mass is 32.2. The van der Waals surface area contributed by atoms with Gasteiger partial charge in [-0.3, -0.25) is 0 Å². The normalized spacial score (nSPS) is 13.3. The monoisotopic (exact) mass is 308 g/mol. The fourth-order valence-corrected chi connectivity index (χ4v) is 3.62. The molecule has 2 rings (SSSR count). The van der Waals surface area contributed by atoms with E-state index in [1.54, 1.807) is 44.2 Å². The third-order valence-electron chi connectivity index (χ3n) is 3.28. The smallest absolute Gasteiger partial charge is 0.241 e. The summed E-state index contributed by atoms with van der Waals surface area (Å²) in [4.78, 5) is 0.259. The molecule has 0 aliphatic rings. The zero-order valence-corrected chi connectivity index (χ0v) is 13.2. The Labute approximate surface area is 125 Å². The molecule has 21 heavy (non-hydrogen) atoms. The Morgan fingerprint density at radius 1 is 1.24 bits per heavy atom. The molecule has 0 aliphatic heterocycles. The van der Waals surface area contributed by atoms with Gasteiger partial charge in [-0.1, -0.05) is 12.1 Å². The highest BCUT2D eigenvalue weighted by Gasteiger charge is 2.21. The number of benzene rings is 1. The first kappa shape index (κ1) is 15.8. The minimum Gasteiger partial charge on any atom is -0.465 e. The SMILES string of the molecule is Cc1ccc(C(C)NS(=O)(=O)c2ccc(CN)cc2C)o1. The van der Waals surface area contributed by atoms with Crippen LogP contribution in [0.5, 0.6) is 0 Å². The van der Waals surface area contributed by atoms with Gasteiger partial charge in [0.05, 0.1) is 10.9 Å². The number of furan rings is 1. The largest absolute Gasteiger partial charge is 0.465 e. The number of nitrogens with one attached hydrogen (secondary N) is 1. The van der Waals surface area contributed by atoms with E-state index in [0.29, 0.717) is 17.9 Å². The molecular formula is C15H20N2O3S. The van der Waals surface area contributed by atoms with Crippen LogP contribution in [0.2, 0.25) is 0 Å². The average Bonchev–Trinajstić information content (AvgIpc) is 2.84. The molecule has 5 nitrogen and oxygen atoms in total. The number of nitrogens with two attached hydrogens (primary N) is 1. The van der Waals surface area contributed by atoms with Gasteiger partial charge in [0.2, 0.25) is 10.0 Å². The van der Waals surface area contributed by atoms with Crippen molar-refractivity contribution >= 4 is 10.0 Å². The maximum atomic E-state index is 12.5. The molecule has 3 N–H and O–H groups in total. The second kappa shape index (κ2) is 6.01. The fourth-order valence-electron chi connectivity index (χ4n) is 2.18. The molecule has 1 unspecified atom stereocenters. The zero-order valence-electron chi connectivity index (χ0n) is 12.4. The van der Waals surface area contributed by atoms with Crippen LogP contribution < -0.4 is 10.5 Å². The molecule has 0 spiro atoms. The van der Waals surface area contributed by atoms with E-state index in [1.807, 2.05) is 6.92 Å². The van der Waals surface area contributed by atoms with Gasteiger partial charge in [-0.05, 0) is 50.1 Å². The van der Waals surface area contributed by atoms with Crippen LogP contribution in [-0.4, -0.2) is 8.42 Å². The van der Waals surface area contributed by atoms with Crippen LogP contribution in [0, 0.1) is 13.8 Å². The Bertz CT molecular complexity index is 735. The Kier molecular flexibility index (Phi) is 4.51. The van der Waals surface area contributed by atoms with Crippen LogP contribution in [0.4, 0.5) is 0 Å². The van der Waals surface area contributed by atoms with Gasteiger partial charge in [0.1, 0.15) is 11.5 Å². The standard InChI is InChI=1S/C15H20N2O3S/c1-10-8-13(9-16)5-7-15(10)21(18,19)17-12(3)14-6-4-11(2)20-14/h4-8,12,17H,9,16H2,1-3H3. The summed E-state index contributed by atoms with van der Waals surface area (Å²) in [7, 11) is -3.60. The van der Waals surface area contributed by atoms with Gasteiger partial charge in [0, 0.05) is 6.54 Å². The van der Waals surface area contributed by atoms with Gasteiger partial charge in [0.25, 0.3) is 0 Å². The van der Waals surface area contributed by atoms with Crippen molar-refractivity contribution < 1.29 is 12.8 Å². The Morgan fingerprint density at radius 2 is 1.95 bits per heavy atom. The van der Waals surface area contributed by atoms with Crippen molar-refractivity contribution in [3.05, 3.63) is 53.0 Å². The summed E-state index contributed by atoms with van der Waals surface area (Å²) >= 11 is 0. The van der Waals surface area contributed by atoms with E-state index in [-0.39, 0.29) is 4.90 Å². The third-order valence-corrected chi connectivity index (χ3v) is 4.99. The molecule has 1 aromatic heterocycles. The van der Waals surface area contributed by atoms with Crippen molar-refractivity contribution in [3.63, 3.8) is 0 Å². The molecule has 6 heteroatoms. The molecule has 0 bridgehead atoms. The van der Waals surface area contributed by atoms with Crippen molar-refractivity contribution in [1.82, 2.24) is 4.72 Å². The predicted molar refractivity (Wildman–Crippen MR) is 81.3 cm³/mol. The minimum atomic E-state index is -3.60. The Balaban J connectivity index is 2.26. The third kappa shape index (κ3) is 3.53.